The van der Waals surface area contributed by atoms with Gasteiger partial charge < -0.3 is 20.7 Å². The lowest BCUT2D eigenvalue weighted by atomic mass is 9.90. The van der Waals surface area contributed by atoms with Gasteiger partial charge in [-0.25, -0.2) is 4.39 Å². The number of primary amides is 1. The molecule has 1 aromatic rings. The molecule has 1 saturated carbocycles. The molecule has 0 unspecified atom stereocenters. The number of carbonyl (C=O) groups is 3. The first-order valence-corrected chi connectivity index (χ1v) is 8.88. The molecule has 1 aliphatic carbocycles. The average Bonchev–Trinajstić information content (AvgIpc) is 2.54. The molecule has 1 atom stereocenters. The molecule has 8 nitrogen and oxygen atoms in total. The van der Waals surface area contributed by atoms with E-state index in [4.69, 9.17) is 10.5 Å². The number of anilines is 2. The van der Waals surface area contributed by atoms with Crippen molar-refractivity contribution in [2.75, 3.05) is 37.0 Å². The molecule has 9 heteroatoms. The lowest BCUT2D eigenvalue weighted by Crippen LogP contribution is -2.55. The monoisotopic (exact) mass is 378 g/mol. The van der Waals surface area contributed by atoms with Crippen LogP contribution in [-0.4, -0.2) is 61.5 Å². The molecule has 3 N–H and O–H groups in total. The van der Waals surface area contributed by atoms with Gasteiger partial charge in [-0.1, -0.05) is 6.42 Å². The smallest absolute Gasteiger partial charge is 0.253 e. The Balaban J connectivity index is 1.72. The van der Waals surface area contributed by atoms with E-state index in [0.29, 0.717) is 6.61 Å². The summed E-state index contributed by atoms with van der Waals surface area (Å²) in [4.78, 5) is 39.1. The van der Waals surface area contributed by atoms with Gasteiger partial charge in [-0.15, -0.1) is 0 Å². The molecule has 2 aliphatic rings. The summed E-state index contributed by atoms with van der Waals surface area (Å²) in [6.07, 6.45) is 2.87. The summed E-state index contributed by atoms with van der Waals surface area (Å²) in [6, 6.07) is 3.04. The molecule has 3 amide bonds. The van der Waals surface area contributed by atoms with Crippen molar-refractivity contribution in [3.05, 3.63) is 24.0 Å². The van der Waals surface area contributed by atoms with Gasteiger partial charge in [-0.3, -0.25) is 19.3 Å². The topological polar surface area (TPSA) is 105 Å². The number of amides is 3. The van der Waals surface area contributed by atoms with Crippen LogP contribution in [0.2, 0.25) is 0 Å². The number of benzene rings is 1. The van der Waals surface area contributed by atoms with Crippen molar-refractivity contribution in [3.8, 4) is 0 Å². The molecule has 146 valence electrons. The second-order valence-electron chi connectivity index (χ2n) is 6.81. The summed E-state index contributed by atoms with van der Waals surface area (Å²) in [7, 11) is 1.69. The van der Waals surface area contributed by atoms with Crippen LogP contribution < -0.4 is 16.0 Å². The summed E-state index contributed by atoms with van der Waals surface area (Å²) >= 11 is 0. The van der Waals surface area contributed by atoms with Crippen molar-refractivity contribution in [2.45, 2.75) is 31.3 Å². The quantitative estimate of drug-likeness (QED) is 0.700. The van der Waals surface area contributed by atoms with Gasteiger partial charge in [0, 0.05) is 18.3 Å². The van der Waals surface area contributed by atoms with Crippen LogP contribution in [0.1, 0.15) is 19.3 Å². The van der Waals surface area contributed by atoms with Crippen LogP contribution in [0.4, 0.5) is 15.8 Å². The number of morpholine rings is 1. The molecule has 2 fully saturated rings. The number of halogens is 1. The number of nitrogens with one attached hydrogen (secondary N) is 1. The maximum atomic E-state index is 14.5. The second kappa shape index (κ2) is 8.01. The Morgan fingerprint density at radius 3 is 2.70 bits per heavy atom. The summed E-state index contributed by atoms with van der Waals surface area (Å²) in [5.74, 6) is -2.33. The molecule has 0 spiro atoms. The number of likely N-dealkylation sites (N-methyl/N-ethyl adjacent to an activating group) is 1. The maximum Gasteiger partial charge on any atom is 0.253 e. The predicted molar refractivity (Wildman–Crippen MR) is 96.6 cm³/mol. The van der Waals surface area contributed by atoms with Gasteiger partial charge in [-0.05, 0) is 38.1 Å². The van der Waals surface area contributed by atoms with Gasteiger partial charge in [0.15, 0.2) is 6.04 Å². The normalized spacial score (nSPS) is 18.9. The van der Waals surface area contributed by atoms with Crippen LogP contribution in [0, 0.1) is 5.82 Å². The fourth-order valence-corrected chi connectivity index (χ4v) is 3.31. The summed E-state index contributed by atoms with van der Waals surface area (Å²) in [5.41, 5.74) is 5.72. The van der Waals surface area contributed by atoms with E-state index in [1.165, 1.54) is 17.0 Å². The zero-order valence-corrected chi connectivity index (χ0v) is 15.1. The van der Waals surface area contributed by atoms with Gasteiger partial charge in [0.25, 0.3) is 11.8 Å². The minimum atomic E-state index is -1.13. The van der Waals surface area contributed by atoms with E-state index >= 15 is 0 Å². The summed E-state index contributed by atoms with van der Waals surface area (Å²) in [6.45, 7) is 0.501. The highest BCUT2D eigenvalue weighted by Crippen LogP contribution is 2.27. The Bertz CT molecular complexity index is 753. The maximum absolute atomic E-state index is 14.5. The van der Waals surface area contributed by atoms with Gasteiger partial charge in [0.1, 0.15) is 12.4 Å². The molecule has 0 radical (unpaired) electrons. The van der Waals surface area contributed by atoms with E-state index in [0.717, 1.165) is 25.3 Å². The fourth-order valence-electron chi connectivity index (χ4n) is 3.31. The van der Waals surface area contributed by atoms with Crippen LogP contribution in [-0.2, 0) is 19.1 Å². The molecule has 1 aliphatic heterocycles. The number of nitrogens with two attached hydrogens (primary N) is 1. The highest BCUT2D eigenvalue weighted by molar-refractivity contribution is 6.09. The lowest BCUT2D eigenvalue weighted by Gasteiger charge is -2.37. The highest BCUT2D eigenvalue weighted by Gasteiger charge is 2.35. The Morgan fingerprint density at radius 1 is 1.41 bits per heavy atom. The van der Waals surface area contributed by atoms with Crippen molar-refractivity contribution in [1.29, 1.82) is 0 Å². The Hall–Kier alpha value is -2.52. The highest BCUT2D eigenvalue weighted by atomic mass is 19.1. The van der Waals surface area contributed by atoms with Crippen molar-refractivity contribution in [2.24, 2.45) is 5.73 Å². The molecule has 27 heavy (non-hydrogen) atoms. The third-order valence-electron chi connectivity index (χ3n) is 5.07. The third-order valence-corrected chi connectivity index (χ3v) is 5.07. The van der Waals surface area contributed by atoms with Crippen molar-refractivity contribution in [3.63, 3.8) is 0 Å². The molecule has 1 saturated heterocycles. The first-order valence-electron chi connectivity index (χ1n) is 8.88. The van der Waals surface area contributed by atoms with Crippen LogP contribution >= 0.6 is 0 Å². The summed E-state index contributed by atoms with van der Waals surface area (Å²) in [5, 5.41) is 2.54. The molecule has 1 heterocycles. The SMILES string of the molecule is CN(C1CCC1)[C@@H](C(N)=O)C(=O)Nc1ccc(N2CCOCC2=O)c(F)c1. The number of ether oxygens (including phenoxy) is 1. The molecule has 3 rings (SSSR count). The molecular weight excluding hydrogens is 355 g/mol. The predicted octanol–water partition coefficient (Wildman–Crippen LogP) is 0.466. The Labute approximate surface area is 156 Å². The number of rotatable bonds is 6. The van der Waals surface area contributed by atoms with Crippen molar-refractivity contribution >= 4 is 29.1 Å². The van der Waals surface area contributed by atoms with Crippen LogP contribution in [0.15, 0.2) is 18.2 Å². The van der Waals surface area contributed by atoms with Crippen LogP contribution in [0.5, 0.6) is 0 Å². The number of nitrogens with zero attached hydrogens (tertiary/aromatic N) is 2. The Kier molecular flexibility index (Phi) is 5.71. The number of hydrogen-bond acceptors (Lipinski definition) is 5. The second-order valence-corrected chi connectivity index (χ2v) is 6.81. The minimum Gasteiger partial charge on any atom is -0.370 e. The average molecular weight is 378 g/mol. The fraction of sp³-hybridized carbons (Fsp3) is 0.500. The molecule has 1 aromatic carbocycles. The van der Waals surface area contributed by atoms with Gasteiger partial charge >= 0.3 is 0 Å². The van der Waals surface area contributed by atoms with Gasteiger partial charge in [0.2, 0.25) is 5.91 Å². The Morgan fingerprint density at radius 2 is 2.15 bits per heavy atom. The van der Waals surface area contributed by atoms with Crippen LogP contribution in [0.3, 0.4) is 0 Å². The van der Waals surface area contributed by atoms with Crippen molar-refractivity contribution in [1.82, 2.24) is 4.90 Å². The van der Waals surface area contributed by atoms with Gasteiger partial charge in [-0.2, -0.15) is 0 Å². The van der Waals surface area contributed by atoms with E-state index in [2.05, 4.69) is 5.32 Å². The first kappa shape index (κ1) is 19.2. The molecular formula is C18H23FN4O4. The number of carbonyl (C=O) groups excluding carboxylic acids is 3. The van der Waals surface area contributed by atoms with Crippen LogP contribution in [0.25, 0.3) is 0 Å². The number of hydrogen-bond donors (Lipinski definition) is 2. The zero-order chi connectivity index (χ0) is 19.6. The van der Waals surface area contributed by atoms with E-state index < -0.39 is 23.7 Å². The first-order chi connectivity index (χ1) is 12.9. The lowest BCUT2D eigenvalue weighted by molar-refractivity contribution is -0.133. The van der Waals surface area contributed by atoms with E-state index in [9.17, 15) is 18.8 Å². The minimum absolute atomic E-state index is 0.0915. The van der Waals surface area contributed by atoms with E-state index in [-0.39, 0.29) is 36.5 Å². The molecule has 0 bridgehead atoms. The summed E-state index contributed by atoms with van der Waals surface area (Å²) < 4.78 is 19.5. The van der Waals surface area contributed by atoms with E-state index in [1.807, 2.05) is 0 Å². The van der Waals surface area contributed by atoms with E-state index in [1.54, 1.807) is 11.9 Å². The standard InChI is InChI=1S/C18H23FN4O4/c1-22(12-3-2-4-12)16(17(20)25)18(26)21-11-5-6-14(13(19)9-11)23-7-8-27-10-15(23)24/h5-6,9,12,16H,2-4,7-8,10H2,1H3,(H2,20,25)(H,21,26)/t16-/m0/s1. The largest absolute Gasteiger partial charge is 0.370 e. The van der Waals surface area contributed by atoms with Gasteiger partial charge in [0.05, 0.1) is 12.3 Å². The van der Waals surface area contributed by atoms with Crippen molar-refractivity contribution < 1.29 is 23.5 Å². The zero-order valence-electron chi connectivity index (χ0n) is 15.1. The molecule has 0 aromatic heterocycles. The third kappa shape index (κ3) is 4.09.